The summed E-state index contributed by atoms with van der Waals surface area (Å²) in [5, 5.41) is 0. The highest BCUT2D eigenvalue weighted by Gasteiger charge is 2.29. The molecule has 0 aliphatic heterocycles. The number of unbranched alkanes of at least 4 members (excludes halogenated alkanes) is 8. The first-order valence-corrected chi connectivity index (χ1v) is 17.8. The van der Waals surface area contributed by atoms with E-state index < -0.39 is 24.3 Å². The predicted octanol–water partition coefficient (Wildman–Crippen LogP) is 10.1. The number of carbonyl (C=O) groups is 2. The zero-order chi connectivity index (χ0) is 31.6. The normalized spacial score (nSPS) is 23.5. The molecule has 0 aromatic heterocycles. The second-order valence-electron chi connectivity index (χ2n) is 13.2. The molecule has 0 unspecified atom stereocenters. The lowest BCUT2D eigenvalue weighted by atomic mass is 9.82. The number of hydrogen-bond donors (Lipinski definition) is 0. The van der Waals surface area contributed by atoms with Crippen molar-refractivity contribution in [2.75, 3.05) is 6.61 Å². The number of benzene rings is 1. The van der Waals surface area contributed by atoms with E-state index in [1.807, 2.05) is 12.1 Å². The van der Waals surface area contributed by atoms with Crippen LogP contribution in [0.1, 0.15) is 154 Å². The highest BCUT2D eigenvalue weighted by Crippen LogP contribution is 2.35. The predicted molar refractivity (Wildman–Crippen MR) is 171 cm³/mol. The number of esters is 2. The summed E-state index contributed by atoms with van der Waals surface area (Å²) < 4.78 is 45.5. The van der Waals surface area contributed by atoms with Crippen molar-refractivity contribution in [2.24, 2.45) is 5.92 Å². The Kier molecular flexibility index (Phi) is 17.1. The number of rotatable bonds is 20. The van der Waals surface area contributed by atoms with Crippen molar-refractivity contribution in [1.29, 1.82) is 0 Å². The smallest absolute Gasteiger partial charge is 0.340 e. The van der Waals surface area contributed by atoms with E-state index >= 15 is 0 Å². The van der Waals surface area contributed by atoms with Crippen LogP contribution in [0.15, 0.2) is 24.3 Å². The maximum Gasteiger partial charge on any atom is 0.340 e. The fraction of sp³-hybridized carbons (Fsp3) is 0.784. The third-order valence-electron chi connectivity index (χ3n) is 9.50. The van der Waals surface area contributed by atoms with Gasteiger partial charge in [0.15, 0.2) is 12.3 Å². The first kappa shape index (κ1) is 36.3. The largest absolute Gasteiger partial charge is 0.493 e. The summed E-state index contributed by atoms with van der Waals surface area (Å²) in [6.07, 6.45) is 14.1. The molecule has 0 heterocycles. The molecule has 0 radical (unpaired) electrons. The highest BCUT2D eigenvalue weighted by molar-refractivity contribution is 5.75. The average molecular weight is 621 g/mol. The monoisotopic (exact) mass is 620 g/mol. The molecule has 5 nitrogen and oxygen atoms in total. The first-order chi connectivity index (χ1) is 21.4. The second kappa shape index (κ2) is 20.8. The van der Waals surface area contributed by atoms with Crippen LogP contribution < -0.4 is 4.74 Å². The Balaban J connectivity index is 1.27. The molecule has 2 saturated carbocycles. The van der Waals surface area contributed by atoms with Gasteiger partial charge in [-0.3, -0.25) is 0 Å². The fourth-order valence-electron chi connectivity index (χ4n) is 6.55. The minimum Gasteiger partial charge on any atom is -0.493 e. The molecule has 3 rings (SSSR count). The van der Waals surface area contributed by atoms with E-state index in [1.54, 1.807) is 0 Å². The lowest BCUT2D eigenvalue weighted by Crippen LogP contribution is -2.30. The number of carbonyl (C=O) groups excluding carboxylic acids is 2. The molecule has 0 bridgehead atoms. The van der Waals surface area contributed by atoms with E-state index in [4.69, 9.17) is 14.2 Å². The molecule has 0 saturated heterocycles. The van der Waals surface area contributed by atoms with Crippen LogP contribution in [-0.4, -0.2) is 43.1 Å². The van der Waals surface area contributed by atoms with Crippen LogP contribution in [0.2, 0.25) is 0 Å². The van der Waals surface area contributed by atoms with Crippen molar-refractivity contribution in [1.82, 2.24) is 0 Å². The van der Waals surface area contributed by atoms with Gasteiger partial charge in [0.1, 0.15) is 18.0 Å². The fourth-order valence-corrected chi connectivity index (χ4v) is 6.55. The Morgan fingerprint density at radius 2 is 1.11 bits per heavy atom. The van der Waals surface area contributed by atoms with E-state index in [-0.39, 0.29) is 25.0 Å². The molecule has 7 heteroatoms. The number of alkyl halides is 2. The molecule has 1 aromatic rings. The molecule has 2 fully saturated rings. The maximum absolute atomic E-state index is 14.3. The standard InChI is InChI=1S/C37H58F2O5/c1-3-5-7-9-11-13-34(38)36(40)43-32-21-15-28(16-22-32)27-42-31-23-17-29(18-24-31)30-19-25-33(26-20-30)44-37(41)35(39)14-12-10-8-6-4-2/h17-18,23-24,28,30,32-35H,3-16,19-22,25-27H2,1-2H3/t28?,30?,32?,33?,34-,35-/m1/s1. The summed E-state index contributed by atoms with van der Waals surface area (Å²) >= 11 is 0. The van der Waals surface area contributed by atoms with Crippen LogP contribution in [0.4, 0.5) is 8.78 Å². The molecule has 2 aliphatic carbocycles. The third kappa shape index (κ3) is 13.4. The van der Waals surface area contributed by atoms with Crippen LogP contribution in [0.5, 0.6) is 5.75 Å². The van der Waals surface area contributed by atoms with Crippen LogP contribution in [0.25, 0.3) is 0 Å². The zero-order valence-electron chi connectivity index (χ0n) is 27.4. The lowest BCUT2D eigenvalue weighted by molar-refractivity contribution is -0.158. The van der Waals surface area contributed by atoms with Gasteiger partial charge in [-0.1, -0.05) is 77.3 Å². The van der Waals surface area contributed by atoms with Crippen LogP contribution in [-0.2, 0) is 19.1 Å². The molecular formula is C37H58F2O5. The number of halogens is 2. The van der Waals surface area contributed by atoms with E-state index in [2.05, 4.69) is 26.0 Å². The van der Waals surface area contributed by atoms with Gasteiger partial charge in [-0.15, -0.1) is 0 Å². The first-order valence-electron chi connectivity index (χ1n) is 17.8. The van der Waals surface area contributed by atoms with Crippen LogP contribution in [0.3, 0.4) is 0 Å². The van der Waals surface area contributed by atoms with E-state index in [0.29, 0.717) is 18.4 Å². The van der Waals surface area contributed by atoms with Gasteiger partial charge in [0, 0.05) is 0 Å². The SMILES string of the molecule is CCCCCCC[C@@H](F)C(=O)OC1CCC(COc2ccc(C3CCC(OC(=O)[C@H](F)CCCCCCC)CC3)cc2)CC1. The van der Waals surface area contributed by atoms with Gasteiger partial charge in [-0.2, -0.15) is 0 Å². The quantitative estimate of drug-likeness (QED) is 0.107. The Morgan fingerprint density at radius 1 is 0.659 bits per heavy atom. The summed E-state index contributed by atoms with van der Waals surface area (Å²) in [5.74, 6) is 0.269. The van der Waals surface area contributed by atoms with E-state index in [9.17, 15) is 18.4 Å². The van der Waals surface area contributed by atoms with Crippen molar-refractivity contribution in [3.63, 3.8) is 0 Å². The topological polar surface area (TPSA) is 61.8 Å². The Labute approximate surface area is 265 Å². The summed E-state index contributed by atoms with van der Waals surface area (Å²) in [6, 6.07) is 8.28. The highest BCUT2D eigenvalue weighted by atomic mass is 19.1. The Bertz CT molecular complexity index is 922. The minimum atomic E-state index is -1.50. The molecule has 250 valence electrons. The van der Waals surface area contributed by atoms with Gasteiger partial charge in [0.25, 0.3) is 0 Å². The van der Waals surface area contributed by atoms with Gasteiger partial charge in [0.2, 0.25) is 0 Å². The molecule has 0 amide bonds. The second-order valence-corrected chi connectivity index (χ2v) is 13.2. The van der Waals surface area contributed by atoms with Gasteiger partial charge in [-0.25, -0.2) is 18.4 Å². The van der Waals surface area contributed by atoms with E-state index in [0.717, 1.165) is 121 Å². The zero-order valence-corrected chi connectivity index (χ0v) is 27.4. The molecular weight excluding hydrogens is 562 g/mol. The summed E-state index contributed by atoms with van der Waals surface area (Å²) in [5.41, 5.74) is 1.26. The number of hydrogen-bond acceptors (Lipinski definition) is 5. The summed E-state index contributed by atoms with van der Waals surface area (Å²) in [6.45, 7) is 4.91. The molecule has 44 heavy (non-hydrogen) atoms. The molecule has 0 spiro atoms. The van der Waals surface area contributed by atoms with Crippen LogP contribution in [0, 0.1) is 5.92 Å². The van der Waals surface area contributed by atoms with Crippen LogP contribution >= 0.6 is 0 Å². The Morgan fingerprint density at radius 3 is 1.59 bits per heavy atom. The molecule has 1 aromatic carbocycles. The summed E-state index contributed by atoms with van der Waals surface area (Å²) in [4.78, 5) is 24.3. The average Bonchev–Trinajstić information content (AvgIpc) is 3.04. The third-order valence-corrected chi connectivity index (χ3v) is 9.50. The Hall–Kier alpha value is -2.18. The van der Waals surface area contributed by atoms with Crippen molar-refractivity contribution >= 4 is 11.9 Å². The molecule has 2 atom stereocenters. The minimum absolute atomic E-state index is 0.183. The van der Waals surface area contributed by atoms with Gasteiger partial charge >= 0.3 is 11.9 Å². The van der Waals surface area contributed by atoms with Gasteiger partial charge in [-0.05, 0) is 107 Å². The van der Waals surface area contributed by atoms with Crippen molar-refractivity contribution in [2.45, 2.75) is 173 Å². The summed E-state index contributed by atoms with van der Waals surface area (Å²) in [7, 11) is 0. The van der Waals surface area contributed by atoms with Crippen molar-refractivity contribution < 1.29 is 32.6 Å². The van der Waals surface area contributed by atoms with Crippen molar-refractivity contribution in [3.05, 3.63) is 29.8 Å². The van der Waals surface area contributed by atoms with Crippen molar-refractivity contribution in [3.8, 4) is 5.75 Å². The lowest BCUT2D eigenvalue weighted by Gasteiger charge is -2.29. The number of ether oxygens (including phenoxy) is 3. The van der Waals surface area contributed by atoms with Gasteiger partial charge < -0.3 is 14.2 Å². The maximum atomic E-state index is 14.3. The molecule has 2 aliphatic rings. The van der Waals surface area contributed by atoms with E-state index in [1.165, 1.54) is 5.56 Å². The van der Waals surface area contributed by atoms with Gasteiger partial charge in [0.05, 0.1) is 6.61 Å². The molecule has 0 N–H and O–H groups in total.